The highest BCUT2D eigenvalue weighted by Gasteiger charge is 2.18. The van der Waals surface area contributed by atoms with Crippen molar-refractivity contribution in [2.45, 2.75) is 26.3 Å². The average Bonchev–Trinajstić information content (AvgIpc) is 2.56. The SMILES string of the molecule is CC(C)C(N)C(=O)Nc1ccc(CC(=O)N2CCOCC2)cc1. The molecule has 0 saturated carbocycles. The number of carbonyl (C=O) groups is 2. The van der Waals surface area contributed by atoms with Gasteiger partial charge in [0.15, 0.2) is 0 Å². The van der Waals surface area contributed by atoms with Gasteiger partial charge in [-0.05, 0) is 23.6 Å². The van der Waals surface area contributed by atoms with Gasteiger partial charge in [0, 0.05) is 18.8 Å². The van der Waals surface area contributed by atoms with Crippen molar-refractivity contribution in [1.82, 2.24) is 4.90 Å². The Bertz CT molecular complexity index is 537. The predicted molar refractivity (Wildman–Crippen MR) is 89.0 cm³/mol. The zero-order valence-corrected chi connectivity index (χ0v) is 13.7. The van der Waals surface area contributed by atoms with E-state index in [1.807, 2.05) is 30.9 Å². The van der Waals surface area contributed by atoms with Gasteiger partial charge in [-0.15, -0.1) is 0 Å². The molecule has 6 nitrogen and oxygen atoms in total. The number of carbonyl (C=O) groups excluding carboxylic acids is 2. The normalized spacial score (nSPS) is 16.3. The Kier molecular flexibility index (Phi) is 6.12. The van der Waals surface area contributed by atoms with Crippen LogP contribution in [0.5, 0.6) is 0 Å². The van der Waals surface area contributed by atoms with Gasteiger partial charge < -0.3 is 20.7 Å². The summed E-state index contributed by atoms with van der Waals surface area (Å²) in [6, 6.07) is 6.78. The van der Waals surface area contributed by atoms with Gasteiger partial charge in [0.2, 0.25) is 11.8 Å². The molecule has 2 rings (SSSR count). The Balaban J connectivity index is 1.89. The van der Waals surface area contributed by atoms with Crippen LogP contribution in [-0.2, 0) is 20.7 Å². The minimum Gasteiger partial charge on any atom is -0.378 e. The van der Waals surface area contributed by atoms with Crippen molar-refractivity contribution in [1.29, 1.82) is 0 Å². The van der Waals surface area contributed by atoms with E-state index in [4.69, 9.17) is 10.5 Å². The van der Waals surface area contributed by atoms with Crippen molar-refractivity contribution in [3.63, 3.8) is 0 Å². The molecule has 2 amide bonds. The van der Waals surface area contributed by atoms with Crippen LogP contribution < -0.4 is 11.1 Å². The molecule has 0 aromatic heterocycles. The highest BCUT2D eigenvalue weighted by atomic mass is 16.5. The number of rotatable bonds is 5. The van der Waals surface area contributed by atoms with Crippen LogP contribution in [0.4, 0.5) is 5.69 Å². The highest BCUT2D eigenvalue weighted by Crippen LogP contribution is 2.12. The number of ether oxygens (including phenoxy) is 1. The first-order valence-electron chi connectivity index (χ1n) is 7.98. The fourth-order valence-corrected chi connectivity index (χ4v) is 2.33. The Hall–Kier alpha value is -1.92. The maximum absolute atomic E-state index is 12.2. The molecule has 6 heteroatoms. The van der Waals surface area contributed by atoms with Crippen molar-refractivity contribution in [2.24, 2.45) is 11.7 Å². The van der Waals surface area contributed by atoms with Crippen molar-refractivity contribution < 1.29 is 14.3 Å². The Morgan fingerprint density at radius 2 is 1.83 bits per heavy atom. The standard InChI is InChI=1S/C17H25N3O3/c1-12(2)16(18)17(22)19-14-5-3-13(4-6-14)11-15(21)20-7-9-23-10-8-20/h3-6,12,16H,7-11,18H2,1-2H3,(H,19,22). The topological polar surface area (TPSA) is 84.7 Å². The quantitative estimate of drug-likeness (QED) is 0.848. The van der Waals surface area contributed by atoms with E-state index in [1.165, 1.54) is 0 Å². The van der Waals surface area contributed by atoms with Gasteiger partial charge in [-0.2, -0.15) is 0 Å². The van der Waals surface area contributed by atoms with Crippen molar-refractivity contribution >= 4 is 17.5 Å². The molecule has 1 aromatic rings. The summed E-state index contributed by atoms with van der Waals surface area (Å²) in [5, 5.41) is 2.79. The molecular formula is C17H25N3O3. The second-order valence-corrected chi connectivity index (χ2v) is 6.13. The molecule has 0 radical (unpaired) electrons. The first-order valence-corrected chi connectivity index (χ1v) is 7.98. The third-order valence-electron chi connectivity index (χ3n) is 3.96. The van der Waals surface area contributed by atoms with Crippen LogP contribution in [0.1, 0.15) is 19.4 Å². The van der Waals surface area contributed by atoms with Gasteiger partial charge in [0.25, 0.3) is 0 Å². The van der Waals surface area contributed by atoms with E-state index in [0.717, 1.165) is 5.56 Å². The molecule has 0 spiro atoms. The van der Waals surface area contributed by atoms with E-state index in [-0.39, 0.29) is 17.7 Å². The van der Waals surface area contributed by atoms with Crippen LogP contribution in [-0.4, -0.2) is 49.1 Å². The van der Waals surface area contributed by atoms with E-state index >= 15 is 0 Å². The zero-order chi connectivity index (χ0) is 16.8. The van der Waals surface area contributed by atoms with Gasteiger partial charge in [-0.1, -0.05) is 26.0 Å². The molecule has 1 fully saturated rings. The van der Waals surface area contributed by atoms with E-state index < -0.39 is 6.04 Å². The Morgan fingerprint density at radius 1 is 1.22 bits per heavy atom. The number of amides is 2. The summed E-state index contributed by atoms with van der Waals surface area (Å²) in [6.07, 6.45) is 0.361. The second kappa shape index (κ2) is 8.08. The Morgan fingerprint density at radius 3 is 2.39 bits per heavy atom. The lowest BCUT2D eigenvalue weighted by atomic mass is 10.0. The van der Waals surface area contributed by atoms with Gasteiger partial charge >= 0.3 is 0 Å². The maximum Gasteiger partial charge on any atom is 0.241 e. The van der Waals surface area contributed by atoms with Crippen molar-refractivity contribution in [2.75, 3.05) is 31.6 Å². The molecule has 23 heavy (non-hydrogen) atoms. The molecule has 1 heterocycles. The van der Waals surface area contributed by atoms with Crippen molar-refractivity contribution in [3.05, 3.63) is 29.8 Å². The van der Waals surface area contributed by atoms with E-state index in [2.05, 4.69) is 5.32 Å². The zero-order valence-electron chi connectivity index (χ0n) is 13.7. The summed E-state index contributed by atoms with van der Waals surface area (Å²) in [4.78, 5) is 25.9. The predicted octanol–water partition coefficient (Wildman–Crippen LogP) is 1.01. The van der Waals surface area contributed by atoms with E-state index in [0.29, 0.717) is 38.4 Å². The second-order valence-electron chi connectivity index (χ2n) is 6.13. The van der Waals surface area contributed by atoms with Crippen LogP contribution in [0, 0.1) is 5.92 Å². The largest absolute Gasteiger partial charge is 0.378 e. The molecule has 0 aliphatic carbocycles. The molecule has 1 atom stereocenters. The summed E-state index contributed by atoms with van der Waals surface area (Å²) in [5.74, 6) is -0.00974. The lowest BCUT2D eigenvalue weighted by Crippen LogP contribution is -2.41. The van der Waals surface area contributed by atoms with Gasteiger partial charge in [0.1, 0.15) is 0 Å². The van der Waals surface area contributed by atoms with Crippen LogP contribution in [0.3, 0.4) is 0 Å². The molecule has 1 unspecified atom stereocenters. The molecule has 0 bridgehead atoms. The number of morpholine rings is 1. The lowest BCUT2D eigenvalue weighted by Gasteiger charge is -2.26. The fraction of sp³-hybridized carbons (Fsp3) is 0.529. The average molecular weight is 319 g/mol. The smallest absolute Gasteiger partial charge is 0.241 e. The van der Waals surface area contributed by atoms with Crippen LogP contribution in [0.2, 0.25) is 0 Å². The lowest BCUT2D eigenvalue weighted by molar-refractivity contribution is -0.134. The third-order valence-corrected chi connectivity index (χ3v) is 3.96. The molecule has 126 valence electrons. The van der Waals surface area contributed by atoms with Crippen LogP contribution in [0.15, 0.2) is 24.3 Å². The number of hydrogen-bond acceptors (Lipinski definition) is 4. The molecular weight excluding hydrogens is 294 g/mol. The minimum atomic E-state index is -0.530. The Labute approximate surface area is 137 Å². The number of hydrogen-bond donors (Lipinski definition) is 2. The number of nitrogens with two attached hydrogens (primary N) is 1. The van der Waals surface area contributed by atoms with E-state index in [9.17, 15) is 9.59 Å². The van der Waals surface area contributed by atoms with Crippen molar-refractivity contribution in [3.8, 4) is 0 Å². The van der Waals surface area contributed by atoms with Gasteiger partial charge in [-0.25, -0.2) is 0 Å². The molecule has 1 aromatic carbocycles. The van der Waals surface area contributed by atoms with Gasteiger partial charge in [0.05, 0.1) is 25.7 Å². The summed E-state index contributed by atoms with van der Waals surface area (Å²) in [6.45, 7) is 6.33. The number of anilines is 1. The molecule has 1 aliphatic rings. The molecule has 3 N–H and O–H groups in total. The first-order chi connectivity index (χ1) is 11.0. The monoisotopic (exact) mass is 319 g/mol. The maximum atomic E-state index is 12.2. The summed E-state index contributed by atoms with van der Waals surface area (Å²) < 4.78 is 5.24. The molecule has 1 aliphatic heterocycles. The summed E-state index contributed by atoms with van der Waals surface area (Å²) in [7, 11) is 0. The fourth-order valence-electron chi connectivity index (χ4n) is 2.33. The number of benzene rings is 1. The molecule has 1 saturated heterocycles. The number of nitrogens with one attached hydrogen (secondary N) is 1. The first kappa shape index (κ1) is 17.4. The summed E-state index contributed by atoms with van der Waals surface area (Å²) >= 11 is 0. The summed E-state index contributed by atoms with van der Waals surface area (Å²) in [5.41, 5.74) is 7.43. The highest BCUT2D eigenvalue weighted by molar-refractivity contribution is 5.94. The van der Waals surface area contributed by atoms with Crippen LogP contribution >= 0.6 is 0 Å². The van der Waals surface area contributed by atoms with Gasteiger partial charge in [-0.3, -0.25) is 9.59 Å². The number of nitrogens with zero attached hydrogens (tertiary/aromatic N) is 1. The van der Waals surface area contributed by atoms with E-state index in [1.54, 1.807) is 12.1 Å². The third kappa shape index (κ3) is 5.04. The van der Waals surface area contributed by atoms with Crippen LogP contribution in [0.25, 0.3) is 0 Å². The minimum absolute atomic E-state index is 0.0837.